The van der Waals surface area contributed by atoms with Crippen LogP contribution in [0.25, 0.3) is 11.0 Å². The first kappa shape index (κ1) is 12.5. The van der Waals surface area contributed by atoms with Crippen LogP contribution in [0.2, 0.25) is 0 Å². The minimum absolute atomic E-state index is 0.513. The van der Waals surface area contributed by atoms with Gasteiger partial charge >= 0.3 is 0 Å². The fraction of sp³-hybridized carbons (Fsp3) is 0.562. The molecule has 3 heteroatoms. The number of anilines is 1. The lowest BCUT2D eigenvalue weighted by Crippen LogP contribution is -2.33. The second-order valence-electron chi connectivity index (χ2n) is 5.92. The Morgan fingerprint density at radius 1 is 1.32 bits per heavy atom. The monoisotopic (exact) mass is 257 g/mol. The summed E-state index contributed by atoms with van der Waals surface area (Å²) in [5.74, 6) is 1.19. The van der Waals surface area contributed by atoms with Crippen LogP contribution in [0.1, 0.15) is 45.4 Å². The van der Waals surface area contributed by atoms with Gasteiger partial charge in [0.15, 0.2) is 0 Å². The molecule has 19 heavy (non-hydrogen) atoms. The number of aromatic nitrogens is 2. The molecule has 1 fully saturated rings. The molecule has 1 aromatic carbocycles. The maximum Gasteiger partial charge on any atom is 0.109 e. The number of benzene rings is 1. The van der Waals surface area contributed by atoms with Crippen molar-refractivity contribution in [3.63, 3.8) is 0 Å². The van der Waals surface area contributed by atoms with Crippen LogP contribution in [-0.2, 0) is 13.0 Å². The highest BCUT2D eigenvalue weighted by molar-refractivity contribution is 5.79. The summed E-state index contributed by atoms with van der Waals surface area (Å²) >= 11 is 0. The third-order valence-electron chi connectivity index (χ3n) is 4.83. The molecule has 1 aromatic heterocycles. The molecule has 0 radical (unpaired) electrons. The normalized spacial score (nSPS) is 17.6. The van der Waals surface area contributed by atoms with Crippen molar-refractivity contribution in [3.05, 3.63) is 24.0 Å². The average molecular weight is 257 g/mol. The van der Waals surface area contributed by atoms with E-state index in [0.29, 0.717) is 5.41 Å². The molecule has 0 aliphatic heterocycles. The van der Waals surface area contributed by atoms with Gasteiger partial charge in [0, 0.05) is 18.7 Å². The third kappa shape index (κ3) is 2.01. The summed E-state index contributed by atoms with van der Waals surface area (Å²) in [5, 5.41) is 0. The Morgan fingerprint density at radius 3 is 2.68 bits per heavy atom. The van der Waals surface area contributed by atoms with Crippen molar-refractivity contribution >= 4 is 16.7 Å². The van der Waals surface area contributed by atoms with E-state index < -0.39 is 0 Å². The van der Waals surface area contributed by atoms with Gasteiger partial charge in [0.1, 0.15) is 5.82 Å². The summed E-state index contributed by atoms with van der Waals surface area (Å²) in [4.78, 5) is 4.75. The molecular weight excluding hydrogens is 234 g/mol. The lowest BCUT2D eigenvalue weighted by molar-refractivity contribution is 0.101. The van der Waals surface area contributed by atoms with Gasteiger partial charge in [-0.2, -0.15) is 0 Å². The van der Waals surface area contributed by atoms with E-state index in [1.165, 1.54) is 37.0 Å². The quantitative estimate of drug-likeness (QED) is 0.847. The van der Waals surface area contributed by atoms with Crippen molar-refractivity contribution in [2.45, 2.75) is 52.5 Å². The van der Waals surface area contributed by atoms with Crippen LogP contribution < -0.4 is 5.73 Å². The van der Waals surface area contributed by atoms with Gasteiger partial charge in [-0.1, -0.05) is 20.3 Å². The summed E-state index contributed by atoms with van der Waals surface area (Å²) in [7, 11) is 0. The van der Waals surface area contributed by atoms with Crippen LogP contribution in [0.15, 0.2) is 18.2 Å². The number of nitrogen functional groups attached to an aromatic ring is 1. The van der Waals surface area contributed by atoms with Gasteiger partial charge in [-0.3, -0.25) is 0 Å². The number of nitrogens with zero attached hydrogens (tertiary/aromatic N) is 2. The predicted octanol–water partition coefficient (Wildman–Crippen LogP) is 3.76. The summed E-state index contributed by atoms with van der Waals surface area (Å²) < 4.78 is 2.43. The van der Waals surface area contributed by atoms with E-state index in [9.17, 15) is 0 Å². The number of fused-ring (bicyclic) bond motifs is 1. The summed E-state index contributed by atoms with van der Waals surface area (Å²) in [5.41, 5.74) is 9.46. The van der Waals surface area contributed by atoms with Crippen LogP contribution in [-0.4, -0.2) is 9.55 Å². The van der Waals surface area contributed by atoms with E-state index in [1.54, 1.807) is 0 Å². The molecule has 1 aliphatic carbocycles. The molecule has 2 aromatic rings. The van der Waals surface area contributed by atoms with Crippen molar-refractivity contribution in [3.8, 4) is 0 Å². The van der Waals surface area contributed by atoms with E-state index in [4.69, 9.17) is 10.7 Å². The lowest BCUT2D eigenvalue weighted by Gasteiger charge is -2.42. The molecule has 1 aliphatic rings. The van der Waals surface area contributed by atoms with Crippen molar-refractivity contribution < 1.29 is 0 Å². The lowest BCUT2D eigenvalue weighted by atomic mass is 9.67. The number of hydrogen-bond donors (Lipinski definition) is 1. The van der Waals surface area contributed by atoms with E-state index in [0.717, 1.165) is 24.2 Å². The molecule has 0 spiro atoms. The highest BCUT2D eigenvalue weighted by Crippen LogP contribution is 2.45. The molecule has 102 valence electrons. The molecule has 2 N–H and O–H groups in total. The van der Waals surface area contributed by atoms with Gasteiger partial charge in [-0.15, -0.1) is 0 Å². The molecule has 1 heterocycles. The van der Waals surface area contributed by atoms with Crippen LogP contribution in [0.4, 0.5) is 5.69 Å². The largest absolute Gasteiger partial charge is 0.399 e. The third-order valence-corrected chi connectivity index (χ3v) is 4.83. The van der Waals surface area contributed by atoms with Crippen molar-refractivity contribution in [1.82, 2.24) is 9.55 Å². The molecule has 0 bridgehead atoms. The first-order valence-corrected chi connectivity index (χ1v) is 7.42. The van der Waals surface area contributed by atoms with Crippen LogP contribution in [0, 0.1) is 5.41 Å². The zero-order valence-corrected chi connectivity index (χ0v) is 11.9. The van der Waals surface area contributed by atoms with Gasteiger partial charge in [-0.25, -0.2) is 4.98 Å². The summed E-state index contributed by atoms with van der Waals surface area (Å²) in [6.07, 6.45) is 6.36. The van der Waals surface area contributed by atoms with E-state index in [-0.39, 0.29) is 0 Å². The maximum absolute atomic E-state index is 5.87. The zero-order chi connectivity index (χ0) is 13.5. The molecule has 0 saturated heterocycles. The standard InChI is InChI=1S/C16H23N3/c1-3-15-18-13-10-12(17)6-7-14(13)19(15)11-16(4-2)8-5-9-16/h6-7,10H,3-5,8-9,11,17H2,1-2H3. The molecule has 1 saturated carbocycles. The Bertz CT molecular complexity index is 588. The van der Waals surface area contributed by atoms with Crippen LogP contribution in [0.5, 0.6) is 0 Å². The minimum Gasteiger partial charge on any atom is -0.399 e. The first-order chi connectivity index (χ1) is 9.17. The molecule has 0 atom stereocenters. The number of nitrogens with two attached hydrogens (primary N) is 1. The van der Waals surface area contributed by atoms with Gasteiger partial charge in [0.25, 0.3) is 0 Å². The Hall–Kier alpha value is -1.51. The van der Waals surface area contributed by atoms with Gasteiger partial charge in [0.05, 0.1) is 11.0 Å². The highest BCUT2D eigenvalue weighted by Gasteiger charge is 2.36. The average Bonchev–Trinajstić information content (AvgIpc) is 2.70. The number of hydrogen-bond acceptors (Lipinski definition) is 2. The first-order valence-electron chi connectivity index (χ1n) is 7.42. The SMILES string of the molecule is CCc1nc2cc(N)ccc2n1CC1(CC)CCC1. The second kappa shape index (κ2) is 4.55. The fourth-order valence-electron chi connectivity index (χ4n) is 3.28. The minimum atomic E-state index is 0.513. The fourth-order valence-corrected chi connectivity index (χ4v) is 3.28. The van der Waals surface area contributed by atoms with Crippen molar-refractivity contribution in [2.24, 2.45) is 5.41 Å². The Labute approximate surface area is 114 Å². The van der Waals surface area contributed by atoms with Gasteiger partial charge < -0.3 is 10.3 Å². The molecule has 3 rings (SSSR count). The molecule has 0 amide bonds. The van der Waals surface area contributed by atoms with Gasteiger partial charge in [-0.05, 0) is 42.9 Å². The van der Waals surface area contributed by atoms with Crippen LogP contribution >= 0.6 is 0 Å². The number of rotatable bonds is 4. The second-order valence-corrected chi connectivity index (χ2v) is 5.92. The Morgan fingerprint density at radius 2 is 2.11 bits per heavy atom. The maximum atomic E-state index is 5.87. The molecule has 3 nitrogen and oxygen atoms in total. The predicted molar refractivity (Wildman–Crippen MR) is 80.1 cm³/mol. The highest BCUT2D eigenvalue weighted by atomic mass is 15.1. The zero-order valence-electron chi connectivity index (χ0n) is 11.9. The van der Waals surface area contributed by atoms with E-state index in [2.05, 4.69) is 24.5 Å². The van der Waals surface area contributed by atoms with Crippen molar-refractivity contribution in [1.29, 1.82) is 0 Å². The summed E-state index contributed by atoms with van der Waals surface area (Å²) in [6.45, 7) is 5.62. The van der Waals surface area contributed by atoms with Crippen molar-refractivity contribution in [2.75, 3.05) is 5.73 Å². The van der Waals surface area contributed by atoms with E-state index >= 15 is 0 Å². The molecule has 0 unspecified atom stereocenters. The molecular formula is C16H23N3. The Balaban J connectivity index is 2.05. The topological polar surface area (TPSA) is 43.8 Å². The number of imidazole rings is 1. The number of aryl methyl sites for hydroxylation is 1. The summed E-state index contributed by atoms with van der Waals surface area (Å²) in [6, 6.07) is 6.10. The van der Waals surface area contributed by atoms with Gasteiger partial charge in [0.2, 0.25) is 0 Å². The van der Waals surface area contributed by atoms with E-state index in [1.807, 2.05) is 12.1 Å². The Kier molecular flexibility index (Phi) is 3.00. The smallest absolute Gasteiger partial charge is 0.109 e. The van der Waals surface area contributed by atoms with Crippen LogP contribution in [0.3, 0.4) is 0 Å².